The van der Waals surface area contributed by atoms with Crippen LogP contribution in [0, 0.1) is 18.6 Å². The summed E-state index contributed by atoms with van der Waals surface area (Å²) in [6, 6.07) is 10.8. The fourth-order valence-electron chi connectivity index (χ4n) is 2.13. The minimum atomic E-state index is -0.445. The maximum absolute atomic E-state index is 14.4. The monoisotopic (exact) mass is 246 g/mol. The molecule has 18 heavy (non-hydrogen) atoms. The first-order valence-corrected chi connectivity index (χ1v) is 6.06. The van der Waals surface area contributed by atoms with Crippen molar-refractivity contribution in [3.05, 3.63) is 59.2 Å². The standard InChI is InChI=1S/C16H16F2/c1-10(2)14-15(17)11(3)9-13(16(14)18)12-7-5-4-6-8-12/h4-10H,1-3H3. The molecule has 2 heteroatoms. The van der Waals surface area contributed by atoms with E-state index in [0.717, 1.165) is 5.56 Å². The van der Waals surface area contributed by atoms with Gasteiger partial charge in [0.15, 0.2) is 0 Å². The van der Waals surface area contributed by atoms with Crippen molar-refractivity contribution in [3.63, 3.8) is 0 Å². The second-order valence-corrected chi connectivity index (χ2v) is 4.80. The van der Waals surface area contributed by atoms with E-state index in [9.17, 15) is 8.78 Å². The molecule has 0 amide bonds. The van der Waals surface area contributed by atoms with E-state index >= 15 is 0 Å². The summed E-state index contributed by atoms with van der Waals surface area (Å²) >= 11 is 0. The lowest BCUT2D eigenvalue weighted by molar-refractivity contribution is 0.538. The molecule has 0 fully saturated rings. The van der Waals surface area contributed by atoms with Gasteiger partial charge in [-0.15, -0.1) is 0 Å². The van der Waals surface area contributed by atoms with Crippen LogP contribution in [-0.2, 0) is 0 Å². The van der Waals surface area contributed by atoms with Crippen molar-refractivity contribution >= 4 is 0 Å². The van der Waals surface area contributed by atoms with Gasteiger partial charge in [-0.25, -0.2) is 8.78 Å². The Morgan fingerprint density at radius 2 is 1.56 bits per heavy atom. The molecule has 0 heterocycles. The molecule has 0 atom stereocenters. The molecular weight excluding hydrogens is 230 g/mol. The number of benzene rings is 2. The SMILES string of the molecule is Cc1cc(-c2ccccc2)c(F)c(C(C)C)c1F. The van der Waals surface area contributed by atoms with Crippen LogP contribution in [0.15, 0.2) is 36.4 Å². The van der Waals surface area contributed by atoms with Gasteiger partial charge in [0.25, 0.3) is 0 Å². The van der Waals surface area contributed by atoms with Gasteiger partial charge in [-0.3, -0.25) is 0 Å². The molecule has 2 rings (SSSR count). The fourth-order valence-corrected chi connectivity index (χ4v) is 2.13. The van der Waals surface area contributed by atoms with Crippen LogP contribution >= 0.6 is 0 Å². The van der Waals surface area contributed by atoms with Crippen LogP contribution < -0.4 is 0 Å². The normalized spacial score (nSPS) is 11.0. The molecule has 0 N–H and O–H groups in total. The molecule has 0 radical (unpaired) electrons. The van der Waals surface area contributed by atoms with E-state index in [1.165, 1.54) is 0 Å². The summed E-state index contributed by atoms with van der Waals surface area (Å²) in [6.07, 6.45) is 0. The van der Waals surface area contributed by atoms with Gasteiger partial charge in [-0.1, -0.05) is 44.2 Å². The molecule has 0 saturated carbocycles. The van der Waals surface area contributed by atoms with E-state index < -0.39 is 11.6 Å². The van der Waals surface area contributed by atoms with E-state index in [0.29, 0.717) is 11.1 Å². The zero-order chi connectivity index (χ0) is 13.3. The molecule has 0 spiro atoms. The van der Waals surface area contributed by atoms with Gasteiger partial charge in [0.05, 0.1) is 0 Å². The van der Waals surface area contributed by atoms with E-state index in [2.05, 4.69) is 0 Å². The average Bonchev–Trinajstić information content (AvgIpc) is 2.34. The number of hydrogen-bond acceptors (Lipinski definition) is 0. The molecule has 0 nitrogen and oxygen atoms in total. The largest absolute Gasteiger partial charge is 0.206 e. The zero-order valence-corrected chi connectivity index (χ0v) is 10.8. The van der Waals surface area contributed by atoms with Crippen LogP contribution in [-0.4, -0.2) is 0 Å². The number of aryl methyl sites for hydroxylation is 1. The minimum Gasteiger partial charge on any atom is -0.206 e. The van der Waals surface area contributed by atoms with Gasteiger partial charge in [0, 0.05) is 11.1 Å². The quantitative estimate of drug-likeness (QED) is 0.694. The van der Waals surface area contributed by atoms with Crippen molar-refractivity contribution in [1.29, 1.82) is 0 Å². The van der Waals surface area contributed by atoms with Crippen molar-refractivity contribution in [1.82, 2.24) is 0 Å². The highest BCUT2D eigenvalue weighted by Crippen LogP contribution is 2.32. The predicted octanol–water partition coefficient (Wildman–Crippen LogP) is 5.06. The molecule has 2 aromatic carbocycles. The smallest absolute Gasteiger partial charge is 0.137 e. The summed E-state index contributed by atoms with van der Waals surface area (Å²) in [5, 5.41) is 0. The summed E-state index contributed by atoms with van der Waals surface area (Å²) in [5.41, 5.74) is 1.91. The van der Waals surface area contributed by atoms with E-state index in [1.54, 1.807) is 26.8 Å². The van der Waals surface area contributed by atoms with Crippen molar-refractivity contribution < 1.29 is 8.78 Å². The second kappa shape index (κ2) is 4.89. The summed E-state index contributed by atoms with van der Waals surface area (Å²) < 4.78 is 28.4. The third-order valence-corrected chi connectivity index (χ3v) is 3.08. The summed E-state index contributed by atoms with van der Waals surface area (Å²) in [5.74, 6) is -1.05. The Labute approximate surface area is 106 Å². The molecule has 0 aliphatic heterocycles. The lowest BCUT2D eigenvalue weighted by atomic mass is 9.93. The van der Waals surface area contributed by atoms with Crippen LogP contribution in [0.25, 0.3) is 11.1 Å². The molecule has 0 saturated heterocycles. The topological polar surface area (TPSA) is 0 Å². The van der Waals surface area contributed by atoms with Gasteiger partial charge in [0.1, 0.15) is 11.6 Å². The Hall–Kier alpha value is -1.70. The molecule has 0 unspecified atom stereocenters. The summed E-state index contributed by atoms with van der Waals surface area (Å²) in [7, 11) is 0. The Bertz CT molecular complexity index is 557. The van der Waals surface area contributed by atoms with E-state index in [1.807, 2.05) is 30.3 Å². The average molecular weight is 246 g/mol. The van der Waals surface area contributed by atoms with Crippen molar-refractivity contribution in [3.8, 4) is 11.1 Å². The Morgan fingerprint density at radius 1 is 0.944 bits per heavy atom. The van der Waals surface area contributed by atoms with Crippen molar-refractivity contribution in [2.45, 2.75) is 26.7 Å². The predicted molar refractivity (Wildman–Crippen MR) is 70.6 cm³/mol. The van der Waals surface area contributed by atoms with Crippen LogP contribution in [0.4, 0.5) is 8.78 Å². The first-order valence-electron chi connectivity index (χ1n) is 6.06. The Kier molecular flexibility index (Phi) is 3.46. The molecule has 0 aliphatic carbocycles. The summed E-state index contributed by atoms with van der Waals surface area (Å²) in [6.45, 7) is 5.28. The lowest BCUT2D eigenvalue weighted by Crippen LogP contribution is -2.03. The molecule has 0 aliphatic rings. The number of rotatable bonds is 2. The first-order chi connectivity index (χ1) is 8.52. The summed E-state index contributed by atoms with van der Waals surface area (Å²) in [4.78, 5) is 0. The second-order valence-electron chi connectivity index (χ2n) is 4.80. The highest BCUT2D eigenvalue weighted by atomic mass is 19.1. The number of hydrogen-bond donors (Lipinski definition) is 0. The zero-order valence-electron chi connectivity index (χ0n) is 10.8. The van der Waals surface area contributed by atoms with Gasteiger partial charge >= 0.3 is 0 Å². The van der Waals surface area contributed by atoms with Gasteiger partial charge in [0.2, 0.25) is 0 Å². The van der Waals surface area contributed by atoms with Crippen LogP contribution in [0.3, 0.4) is 0 Å². The number of halogens is 2. The highest BCUT2D eigenvalue weighted by Gasteiger charge is 2.19. The van der Waals surface area contributed by atoms with Gasteiger partial charge in [-0.05, 0) is 30.0 Å². The van der Waals surface area contributed by atoms with Gasteiger partial charge in [-0.2, -0.15) is 0 Å². The molecule has 2 aromatic rings. The van der Waals surface area contributed by atoms with Gasteiger partial charge < -0.3 is 0 Å². The maximum Gasteiger partial charge on any atom is 0.137 e. The highest BCUT2D eigenvalue weighted by molar-refractivity contribution is 5.66. The Morgan fingerprint density at radius 3 is 2.11 bits per heavy atom. The van der Waals surface area contributed by atoms with E-state index in [4.69, 9.17) is 0 Å². The maximum atomic E-state index is 14.4. The first kappa shape index (κ1) is 12.7. The van der Waals surface area contributed by atoms with Crippen LogP contribution in [0.2, 0.25) is 0 Å². The van der Waals surface area contributed by atoms with Crippen molar-refractivity contribution in [2.24, 2.45) is 0 Å². The molecule has 0 aromatic heterocycles. The lowest BCUT2D eigenvalue weighted by Gasteiger charge is -2.14. The van der Waals surface area contributed by atoms with Crippen molar-refractivity contribution in [2.75, 3.05) is 0 Å². The molecule has 94 valence electrons. The minimum absolute atomic E-state index is 0.174. The Balaban J connectivity index is 2.71. The fraction of sp³-hybridized carbons (Fsp3) is 0.250. The molecule has 0 bridgehead atoms. The van der Waals surface area contributed by atoms with E-state index in [-0.39, 0.29) is 11.5 Å². The van der Waals surface area contributed by atoms with Crippen LogP contribution in [0.5, 0.6) is 0 Å². The third-order valence-electron chi connectivity index (χ3n) is 3.08. The third kappa shape index (κ3) is 2.15. The van der Waals surface area contributed by atoms with Crippen LogP contribution in [0.1, 0.15) is 30.9 Å². The molecular formula is C16H16F2.